The van der Waals surface area contributed by atoms with Crippen LogP contribution >= 0.6 is 0 Å². The number of piperazine rings is 1. The van der Waals surface area contributed by atoms with E-state index in [0.717, 1.165) is 31.7 Å². The summed E-state index contributed by atoms with van der Waals surface area (Å²) in [6, 6.07) is 13.5. The zero-order chi connectivity index (χ0) is 22.6. The maximum absolute atomic E-state index is 13.0. The molecule has 2 fully saturated rings. The molecule has 0 spiro atoms. The van der Waals surface area contributed by atoms with Crippen molar-refractivity contribution < 1.29 is 13.2 Å². The van der Waals surface area contributed by atoms with Crippen molar-refractivity contribution in [3.05, 3.63) is 59.7 Å². The molecule has 2 aromatic rings. The van der Waals surface area contributed by atoms with Crippen LogP contribution < -0.4 is 4.72 Å². The van der Waals surface area contributed by atoms with Crippen LogP contribution in [-0.2, 0) is 10.0 Å². The molecule has 0 atom stereocenters. The molecule has 8 heteroatoms. The van der Waals surface area contributed by atoms with E-state index in [1.807, 2.05) is 24.0 Å². The van der Waals surface area contributed by atoms with E-state index in [1.54, 1.807) is 24.3 Å². The molecule has 1 amide bonds. The number of hydrogen-bond donors (Lipinski definition) is 1. The van der Waals surface area contributed by atoms with Crippen molar-refractivity contribution >= 4 is 21.6 Å². The van der Waals surface area contributed by atoms with Gasteiger partial charge in [0.1, 0.15) is 0 Å². The highest BCUT2D eigenvalue weighted by molar-refractivity contribution is 7.92. The normalized spacial score (nSPS) is 18.1. The van der Waals surface area contributed by atoms with Gasteiger partial charge in [-0.05, 0) is 63.2 Å². The summed E-state index contributed by atoms with van der Waals surface area (Å²) in [6.45, 7) is 9.53. The summed E-state index contributed by atoms with van der Waals surface area (Å²) in [6.07, 6.45) is 2.61. The SMILES string of the molecule is Cc1ccc(NS(=O)(=O)c2cccc(C(=O)N3CCN(CCN4CCCC4)CC3)c2)cc1. The standard InChI is InChI=1S/C24H32N4O3S/c1-20-7-9-22(10-8-20)25-32(30,31)23-6-4-5-21(19-23)24(29)28-17-15-27(16-18-28)14-13-26-11-2-3-12-26/h4-10,19,25H,2-3,11-18H2,1H3. The molecule has 0 bridgehead atoms. The van der Waals surface area contributed by atoms with Gasteiger partial charge in [-0.25, -0.2) is 8.42 Å². The fourth-order valence-electron chi connectivity index (χ4n) is 4.28. The van der Waals surface area contributed by atoms with Gasteiger partial charge in [-0.15, -0.1) is 0 Å². The third kappa shape index (κ3) is 5.68. The lowest BCUT2D eigenvalue weighted by molar-refractivity contribution is 0.0626. The van der Waals surface area contributed by atoms with E-state index in [1.165, 1.54) is 38.1 Å². The van der Waals surface area contributed by atoms with E-state index in [9.17, 15) is 13.2 Å². The zero-order valence-corrected chi connectivity index (χ0v) is 19.5. The highest BCUT2D eigenvalue weighted by Gasteiger charge is 2.24. The number of anilines is 1. The predicted molar refractivity (Wildman–Crippen MR) is 126 cm³/mol. The minimum Gasteiger partial charge on any atom is -0.336 e. The average Bonchev–Trinajstić information content (AvgIpc) is 3.33. The maximum atomic E-state index is 13.0. The second-order valence-corrected chi connectivity index (χ2v) is 10.4. The van der Waals surface area contributed by atoms with Crippen LogP contribution in [0.2, 0.25) is 0 Å². The maximum Gasteiger partial charge on any atom is 0.261 e. The molecule has 2 heterocycles. The van der Waals surface area contributed by atoms with Crippen LogP contribution in [0.25, 0.3) is 0 Å². The summed E-state index contributed by atoms with van der Waals surface area (Å²) >= 11 is 0. The summed E-state index contributed by atoms with van der Waals surface area (Å²) < 4.78 is 28.2. The van der Waals surface area contributed by atoms with E-state index in [0.29, 0.717) is 24.3 Å². The van der Waals surface area contributed by atoms with Crippen molar-refractivity contribution in [2.24, 2.45) is 0 Å². The Balaban J connectivity index is 1.35. The zero-order valence-electron chi connectivity index (χ0n) is 18.7. The Morgan fingerprint density at radius 2 is 1.50 bits per heavy atom. The number of nitrogens with zero attached hydrogens (tertiary/aromatic N) is 3. The predicted octanol–water partition coefficient (Wildman–Crippen LogP) is 2.65. The van der Waals surface area contributed by atoms with E-state index >= 15 is 0 Å². The molecule has 0 unspecified atom stereocenters. The monoisotopic (exact) mass is 456 g/mol. The lowest BCUT2D eigenvalue weighted by Crippen LogP contribution is -2.50. The Labute approximate surface area is 191 Å². The Kier molecular flexibility index (Phi) is 7.13. The van der Waals surface area contributed by atoms with Crippen LogP contribution in [0.3, 0.4) is 0 Å². The molecule has 2 aromatic carbocycles. The van der Waals surface area contributed by atoms with Crippen molar-refractivity contribution in [2.75, 3.05) is 57.1 Å². The quantitative estimate of drug-likeness (QED) is 0.694. The topological polar surface area (TPSA) is 73.0 Å². The summed E-state index contributed by atoms with van der Waals surface area (Å²) in [5, 5.41) is 0. The number of likely N-dealkylation sites (tertiary alicyclic amines) is 1. The van der Waals surface area contributed by atoms with Gasteiger partial charge in [0.25, 0.3) is 15.9 Å². The van der Waals surface area contributed by atoms with Crippen LogP contribution in [0.5, 0.6) is 0 Å². The molecule has 2 aliphatic rings. The van der Waals surface area contributed by atoms with E-state index < -0.39 is 10.0 Å². The van der Waals surface area contributed by atoms with E-state index in [-0.39, 0.29) is 10.8 Å². The number of rotatable bonds is 7. The van der Waals surface area contributed by atoms with Gasteiger partial charge in [0, 0.05) is 50.5 Å². The largest absolute Gasteiger partial charge is 0.336 e. The molecule has 172 valence electrons. The molecule has 0 aromatic heterocycles. The number of sulfonamides is 1. The first-order chi connectivity index (χ1) is 15.4. The molecule has 32 heavy (non-hydrogen) atoms. The number of nitrogens with one attached hydrogen (secondary N) is 1. The van der Waals surface area contributed by atoms with Gasteiger partial charge in [-0.2, -0.15) is 0 Å². The highest BCUT2D eigenvalue weighted by Crippen LogP contribution is 2.19. The van der Waals surface area contributed by atoms with Crippen molar-refractivity contribution in [1.82, 2.24) is 14.7 Å². The number of carbonyl (C=O) groups excluding carboxylic acids is 1. The van der Waals surface area contributed by atoms with Crippen LogP contribution in [0.1, 0.15) is 28.8 Å². The Hall–Kier alpha value is -2.42. The van der Waals surface area contributed by atoms with Gasteiger partial charge in [0.2, 0.25) is 0 Å². The summed E-state index contributed by atoms with van der Waals surface area (Å²) in [5.41, 5.74) is 1.95. The minimum absolute atomic E-state index is 0.0909. The average molecular weight is 457 g/mol. The van der Waals surface area contributed by atoms with Crippen LogP contribution in [0.4, 0.5) is 5.69 Å². The molecule has 1 N–H and O–H groups in total. The summed E-state index contributed by atoms with van der Waals surface area (Å²) in [4.78, 5) is 19.9. The van der Waals surface area contributed by atoms with Crippen molar-refractivity contribution in [2.45, 2.75) is 24.7 Å². The molecule has 4 rings (SSSR count). The van der Waals surface area contributed by atoms with E-state index in [2.05, 4.69) is 14.5 Å². The molecular formula is C24H32N4O3S. The first kappa shape index (κ1) is 22.8. The number of benzene rings is 2. The van der Waals surface area contributed by atoms with Crippen molar-refractivity contribution in [3.8, 4) is 0 Å². The fraction of sp³-hybridized carbons (Fsp3) is 0.458. The summed E-state index contributed by atoms with van der Waals surface area (Å²) in [5.74, 6) is -0.114. The first-order valence-corrected chi connectivity index (χ1v) is 12.8. The number of carbonyl (C=O) groups is 1. The second kappa shape index (κ2) is 10.0. The van der Waals surface area contributed by atoms with Crippen molar-refractivity contribution in [3.63, 3.8) is 0 Å². The molecule has 0 radical (unpaired) electrons. The number of hydrogen-bond acceptors (Lipinski definition) is 5. The van der Waals surface area contributed by atoms with Gasteiger partial charge in [0.05, 0.1) is 4.90 Å². The van der Waals surface area contributed by atoms with Gasteiger partial charge >= 0.3 is 0 Å². The van der Waals surface area contributed by atoms with Crippen molar-refractivity contribution in [1.29, 1.82) is 0 Å². The first-order valence-electron chi connectivity index (χ1n) is 11.3. The van der Waals surface area contributed by atoms with Gasteiger partial charge in [-0.1, -0.05) is 23.8 Å². The second-order valence-electron chi connectivity index (χ2n) is 8.68. The third-order valence-corrected chi connectivity index (χ3v) is 7.66. The fourth-order valence-corrected chi connectivity index (χ4v) is 5.38. The van der Waals surface area contributed by atoms with Crippen LogP contribution in [0.15, 0.2) is 53.4 Å². The Bertz CT molecular complexity index is 1030. The lowest BCUT2D eigenvalue weighted by atomic mass is 10.2. The van der Waals surface area contributed by atoms with E-state index in [4.69, 9.17) is 0 Å². The summed E-state index contributed by atoms with van der Waals surface area (Å²) in [7, 11) is -3.77. The molecular weight excluding hydrogens is 424 g/mol. The third-order valence-electron chi connectivity index (χ3n) is 6.29. The number of amides is 1. The molecule has 0 saturated carbocycles. The lowest BCUT2D eigenvalue weighted by Gasteiger charge is -2.35. The highest BCUT2D eigenvalue weighted by atomic mass is 32.2. The smallest absolute Gasteiger partial charge is 0.261 e. The Morgan fingerprint density at radius 1 is 0.875 bits per heavy atom. The Morgan fingerprint density at radius 3 is 2.16 bits per heavy atom. The molecule has 7 nitrogen and oxygen atoms in total. The minimum atomic E-state index is -3.77. The molecule has 2 aliphatic heterocycles. The van der Waals surface area contributed by atoms with Gasteiger partial charge in [-0.3, -0.25) is 14.4 Å². The van der Waals surface area contributed by atoms with Gasteiger partial charge < -0.3 is 9.80 Å². The molecule has 2 saturated heterocycles. The molecule has 0 aliphatic carbocycles. The van der Waals surface area contributed by atoms with Crippen LogP contribution in [0, 0.1) is 6.92 Å². The number of aryl methyl sites for hydroxylation is 1. The van der Waals surface area contributed by atoms with Gasteiger partial charge in [0.15, 0.2) is 0 Å². The van der Waals surface area contributed by atoms with Crippen LogP contribution in [-0.4, -0.2) is 81.4 Å².